The van der Waals surface area contributed by atoms with Gasteiger partial charge in [0, 0.05) is 32.6 Å². The molecule has 0 unspecified atom stereocenters. The highest BCUT2D eigenvalue weighted by Gasteiger charge is 2.08. The van der Waals surface area contributed by atoms with Crippen molar-refractivity contribution in [1.82, 2.24) is 10.2 Å². The first-order valence-electron chi connectivity index (χ1n) is 8.58. The number of aryl methyl sites for hydroxylation is 2. The molecule has 0 aliphatic heterocycles. The zero-order valence-electron chi connectivity index (χ0n) is 15.2. The van der Waals surface area contributed by atoms with E-state index in [-0.39, 0.29) is 11.8 Å². The molecular weight excluding hydrogens is 312 g/mol. The Bertz CT molecular complexity index is 721. The van der Waals surface area contributed by atoms with E-state index in [1.165, 1.54) is 11.1 Å². The van der Waals surface area contributed by atoms with E-state index in [0.717, 1.165) is 12.0 Å². The van der Waals surface area contributed by atoms with E-state index in [0.29, 0.717) is 24.9 Å². The highest BCUT2D eigenvalue weighted by atomic mass is 16.2. The largest absolute Gasteiger partial charge is 0.356 e. The van der Waals surface area contributed by atoms with Gasteiger partial charge in [0.2, 0.25) is 5.91 Å². The SMILES string of the molecule is Cc1cccc(CCNC(=O)CCc2ccc(C(=O)N(C)C)cc2)c1. The summed E-state index contributed by atoms with van der Waals surface area (Å²) in [7, 11) is 3.47. The lowest BCUT2D eigenvalue weighted by Gasteiger charge is -2.10. The maximum Gasteiger partial charge on any atom is 0.253 e. The molecule has 0 radical (unpaired) electrons. The molecule has 25 heavy (non-hydrogen) atoms. The van der Waals surface area contributed by atoms with Crippen molar-refractivity contribution in [3.8, 4) is 0 Å². The third-order valence-corrected chi connectivity index (χ3v) is 4.07. The summed E-state index contributed by atoms with van der Waals surface area (Å²) in [5.41, 5.74) is 4.20. The van der Waals surface area contributed by atoms with Gasteiger partial charge in [-0.2, -0.15) is 0 Å². The third-order valence-electron chi connectivity index (χ3n) is 4.07. The summed E-state index contributed by atoms with van der Waals surface area (Å²) >= 11 is 0. The Kier molecular flexibility index (Phi) is 6.75. The number of carbonyl (C=O) groups is 2. The van der Waals surface area contributed by atoms with Crippen molar-refractivity contribution < 1.29 is 9.59 Å². The van der Waals surface area contributed by atoms with Gasteiger partial charge in [0.15, 0.2) is 0 Å². The first-order chi connectivity index (χ1) is 12.0. The van der Waals surface area contributed by atoms with Crippen molar-refractivity contribution in [2.75, 3.05) is 20.6 Å². The van der Waals surface area contributed by atoms with Crippen molar-refractivity contribution in [1.29, 1.82) is 0 Å². The van der Waals surface area contributed by atoms with Crippen LogP contribution in [0.15, 0.2) is 48.5 Å². The van der Waals surface area contributed by atoms with Crippen LogP contribution in [0.3, 0.4) is 0 Å². The predicted octanol–water partition coefficient (Wildman–Crippen LogP) is 2.99. The number of nitrogens with one attached hydrogen (secondary N) is 1. The lowest BCUT2D eigenvalue weighted by molar-refractivity contribution is -0.121. The molecule has 0 heterocycles. The maximum absolute atomic E-state index is 12.0. The van der Waals surface area contributed by atoms with Crippen molar-refractivity contribution in [3.05, 3.63) is 70.8 Å². The van der Waals surface area contributed by atoms with Gasteiger partial charge in [-0.15, -0.1) is 0 Å². The topological polar surface area (TPSA) is 49.4 Å². The van der Waals surface area contributed by atoms with Crippen LogP contribution in [0.25, 0.3) is 0 Å². The van der Waals surface area contributed by atoms with Crippen LogP contribution in [-0.4, -0.2) is 37.4 Å². The van der Waals surface area contributed by atoms with Gasteiger partial charge < -0.3 is 10.2 Å². The van der Waals surface area contributed by atoms with Crippen LogP contribution in [0.4, 0.5) is 0 Å². The first-order valence-corrected chi connectivity index (χ1v) is 8.58. The monoisotopic (exact) mass is 338 g/mol. The Labute approximate surface area is 149 Å². The minimum Gasteiger partial charge on any atom is -0.356 e. The highest BCUT2D eigenvalue weighted by molar-refractivity contribution is 5.93. The smallest absolute Gasteiger partial charge is 0.253 e. The second-order valence-electron chi connectivity index (χ2n) is 6.49. The molecule has 0 saturated carbocycles. The van der Waals surface area contributed by atoms with Gasteiger partial charge in [0.1, 0.15) is 0 Å². The molecule has 2 aromatic rings. The van der Waals surface area contributed by atoms with Crippen LogP contribution in [0, 0.1) is 6.92 Å². The molecule has 2 rings (SSSR count). The van der Waals surface area contributed by atoms with Gasteiger partial charge in [-0.05, 0) is 43.0 Å². The van der Waals surface area contributed by atoms with Gasteiger partial charge in [-0.1, -0.05) is 42.0 Å². The molecule has 1 N–H and O–H groups in total. The van der Waals surface area contributed by atoms with Gasteiger partial charge in [0.05, 0.1) is 0 Å². The Morgan fingerprint density at radius 1 is 0.960 bits per heavy atom. The van der Waals surface area contributed by atoms with Crippen LogP contribution in [0.2, 0.25) is 0 Å². The van der Waals surface area contributed by atoms with Crippen LogP contribution < -0.4 is 5.32 Å². The van der Waals surface area contributed by atoms with Gasteiger partial charge in [-0.25, -0.2) is 0 Å². The predicted molar refractivity (Wildman–Crippen MR) is 101 cm³/mol. The zero-order chi connectivity index (χ0) is 18.2. The first kappa shape index (κ1) is 18.7. The standard InChI is InChI=1S/C21H26N2O2/c1-16-5-4-6-18(15-16)13-14-22-20(24)12-9-17-7-10-19(11-8-17)21(25)23(2)3/h4-8,10-11,15H,9,12-14H2,1-3H3,(H,22,24). The van der Waals surface area contributed by atoms with E-state index in [1.54, 1.807) is 19.0 Å². The maximum atomic E-state index is 12.0. The van der Waals surface area contributed by atoms with Crippen LogP contribution in [0.1, 0.15) is 33.5 Å². The molecule has 4 heteroatoms. The fourth-order valence-electron chi connectivity index (χ4n) is 2.63. The third kappa shape index (κ3) is 6.07. The second kappa shape index (κ2) is 9.02. The van der Waals surface area contributed by atoms with Gasteiger partial charge in [-0.3, -0.25) is 9.59 Å². The van der Waals surface area contributed by atoms with Gasteiger partial charge in [0.25, 0.3) is 5.91 Å². The Morgan fingerprint density at radius 2 is 1.68 bits per heavy atom. The lowest BCUT2D eigenvalue weighted by Crippen LogP contribution is -2.25. The summed E-state index contributed by atoms with van der Waals surface area (Å²) in [5.74, 6) is 0.0431. The normalized spacial score (nSPS) is 10.4. The van der Waals surface area contributed by atoms with Crippen molar-refractivity contribution in [3.63, 3.8) is 0 Å². The van der Waals surface area contributed by atoms with E-state index >= 15 is 0 Å². The fraction of sp³-hybridized carbons (Fsp3) is 0.333. The van der Waals surface area contributed by atoms with Crippen molar-refractivity contribution in [2.24, 2.45) is 0 Å². The fourth-order valence-corrected chi connectivity index (χ4v) is 2.63. The summed E-state index contributed by atoms with van der Waals surface area (Å²) in [6, 6.07) is 15.8. The number of hydrogen-bond donors (Lipinski definition) is 1. The van der Waals surface area contributed by atoms with E-state index in [1.807, 2.05) is 30.3 Å². The Balaban J connectivity index is 1.73. The van der Waals surface area contributed by atoms with E-state index < -0.39 is 0 Å². The van der Waals surface area contributed by atoms with E-state index in [2.05, 4.69) is 30.4 Å². The number of hydrogen-bond acceptors (Lipinski definition) is 2. The molecule has 0 aromatic heterocycles. The minimum atomic E-state index is -0.0135. The summed E-state index contributed by atoms with van der Waals surface area (Å²) in [6.07, 6.45) is 1.97. The highest BCUT2D eigenvalue weighted by Crippen LogP contribution is 2.09. The second-order valence-corrected chi connectivity index (χ2v) is 6.49. The zero-order valence-corrected chi connectivity index (χ0v) is 15.2. The molecule has 0 aliphatic rings. The molecule has 0 fully saturated rings. The molecule has 0 saturated heterocycles. The summed E-state index contributed by atoms with van der Waals surface area (Å²) in [4.78, 5) is 25.4. The molecule has 2 aromatic carbocycles. The molecule has 0 bridgehead atoms. The van der Waals surface area contributed by atoms with Crippen LogP contribution in [0.5, 0.6) is 0 Å². The number of rotatable bonds is 7. The molecule has 0 aliphatic carbocycles. The van der Waals surface area contributed by atoms with Crippen LogP contribution in [-0.2, 0) is 17.6 Å². The number of carbonyl (C=O) groups excluding carboxylic acids is 2. The summed E-state index contributed by atoms with van der Waals surface area (Å²) < 4.78 is 0. The summed E-state index contributed by atoms with van der Waals surface area (Å²) in [5, 5.41) is 2.97. The van der Waals surface area contributed by atoms with Crippen molar-refractivity contribution >= 4 is 11.8 Å². The average Bonchev–Trinajstić information content (AvgIpc) is 2.60. The van der Waals surface area contributed by atoms with Crippen LogP contribution >= 0.6 is 0 Å². The molecule has 2 amide bonds. The average molecular weight is 338 g/mol. The lowest BCUT2D eigenvalue weighted by atomic mass is 10.1. The molecule has 0 spiro atoms. The Morgan fingerprint density at radius 3 is 2.32 bits per heavy atom. The van der Waals surface area contributed by atoms with Crippen molar-refractivity contribution in [2.45, 2.75) is 26.2 Å². The van der Waals surface area contributed by atoms with E-state index in [4.69, 9.17) is 0 Å². The molecule has 4 nitrogen and oxygen atoms in total. The quantitative estimate of drug-likeness (QED) is 0.844. The summed E-state index contributed by atoms with van der Waals surface area (Å²) in [6.45, 7) is 2.72. The minimum absolute atomic E-state index is 0.0135. The Hall–Kier alpha value is -2.62. The number of amides is 2. The molecule has 132 valence electrons. The molecular formula is C21H26N2O2. The molecule has 0 atom stereocenters. The van der Waals surface area contributed by atoms with Gasteiger partial charge >= 0.3 is 0 Å². The number of benzene rings is 2. The number of nitrogens with zero attached hydrogens (tertiary/aromatic N) is 1. The van der Waals surface area contributed by atoms with E-state index in [9.17, 15) is 9.59 Å².